The third-order valence-corrected chi connectivity index (χ3v) is 7.86. The van der Waals surface area contributed by atoms with Crippen LogP contribution in [0.1, 0.15) is 65.2 Å². The minimum Gasteiger partial charge on any atom is -0.299 e. The van der Waals surface area contributed by atoms with Gasteiger partial charge in [-0.1, -0.05) is 30.7 Å². The molecule has 120 valence electrons. The third-order valence-electron chi connectivity index (χ3n) is 7.86. The summed E-state index contributed by atoms with van der Waals surface area (Å²) in [5.74, 6) is 2.30. The van der Waals surface area contributed by atoms with Gasteiger partial charge in [0, 0.05) is 11.8 Å². The fourth-order valence-electron chi connectivity index (χ4n) is 6.38. The Bertz CT molecular complexity index is 554. The Morgan fingerprint density at radius 2 is 1.95 bits per heavy atom. The molecule has 0 spiro atoms. The summed E-state index contributed by atoms with van der Waals surface area (Å²) >= 11 is 0. The quantitative estimate of drug-likeness (QED) is 0.522. The minimum absolute atomic E-state index is 0.0390. The molecule has 0 aromatic rings. The van der Waals surface area contributed by atoms with Crippen molar-refractivity contribution < 1.29 is 4.79 Å². The maximum atomic E-state index is 12.4. The molecule has 0 bridgehead atoms. The summed E-state index contributed by atoms with van der Waals surface area (Å²) in [6, 6.07) is 0.0390. The molecule has 6 atom stereocenters. The molecule has 0 aromatic heterocycles. The van der Waals surface area contributed by atoms with Gasteiger partial charge in [-0.25, -0.2) is 0 Å². The molecule has 0 amide bonds. The Hall–Kier alpha value is -0.990. The predicted molar refractivity (Wildman–Crippen MR) is 86.3 cm³/mol. The molecule has 0 saturated heterocycles. The largest absolute Gasteiger partial charge is 0.299 e. The Labute approximate surface area is 132 Å². The molecule has 6 unspecified atom stereocenters. The summed E-state index contributed by atoms with van der Waals surface area (Å²) < 4.78 is 0. The Kier molecular flexibility index (Phi) is 3.15. The van der Waals surface area contributed by atoms with E-state index in [1.165, 1.54) is 12.8 Å². The fourth-order valence-corrected chi connectivity index (χ4v) is 6.38. The van der Waals surface area contributed by atoms with Gasteiger partial charge in [0.2, 0.25) is 0 Å². The average molecular weight is 301 g/mol. The lowest BCUT2D eigenvalue weighted by Crippen LogP contribution is -2.48. The van der Waals surface area contributed by atoms with E-state index in [-0.39, 0.29) is 16.9 Å². The number of carbonyl (C=O) groups excluding carboxylic acids is 1. The Morgan fingerprint density at radius 1 is 1.14 bits per heavy atom. The van der Waals surface area contributed by atoms with Crippen LogP contribution in [0.4, 0.5) is 0 Å². The van der Waals surface area contributed by atoms with Crippen LogP contribution in [-0.2, 0) is 4.79 Å². The van der Waals surface area contributed by atoms with E-state index in [9.17, 15) is 9.70 Å². The fraction of sp³-hybridized carbons (Fsp3) is 0.842. The molecule has 0 aliphatic heterocycles. The Morgan fingerprint density at radius 3 is 2.73 bits per heavy atom. The molecule has 3 heteroatoms. The molecule has 0 aromatic carbocycles. The number of carbonyl (C=O) groups is 1. The molecule has 0 heterocycles. The molecule has 3 nitrogen and oxygen atoms in total. The highest BCUT2D eigenvalue weighted by Gasteiger charge is 2.57. The molecular formula is C19H27NO2. The number of hydrogen-bond donors (Lipinski definition) is 0. The lowest BCUT2D eigenvalue weighted by atomic mass is 9.49. The topological polar surface area (TPSA) is 46.5 Å². The number of ketones is 1. The predicted octanol–water partition coefficient (Wildman–Crippen LogP) is 4.65. The number of Topliss-reactive ketones (excluding diaryl/α,β-unsaturated/α-hetero) is 1. The van der Waals surface area contributed by atoms with Crippen molar-refractivity contribution in [3.8, 4) is 0 Å². The summed E-state index contributed by atoms with van der Waals surface area (Å²) in [5, 5.41) is 3.33. The van der Waals surface area contributed by atoms with Crippen molar-refractivity contribution in [2.24, 2.45) is 33.8 Å². The van der Waals surface area contributed by atoms with Gasteiger partial charge in [0.25, 0.3) is 0 Å². The van der Waals surface area contributed by atoms with E-state index in [0.717, 1.165) is 38.5 Å². The highest BCUT2D eigenvalue weighted by molar-refractivity contribution is 5.87. The van der Waals surface area contributed by atoms with E-state index in [0.29, 0.717) is 23.5 Å². The van der Waals surface area contributed by atoms with Gasteiger partial charge in [-0.15, -0.1) is 0 Å². The number of nitroso groups, excluding NO2 is 1. The monoisotopic (exact) mass is 301 g/mol. The second-order valence-electron chi connectivity index (χ2n) is 8.68. The molecule has 0 radical (unpaired) electrons. The van der Waals surface area contributed by atoms with Gasteiger partial charge < -0.3 is 0 Å². The summed E-state index contributed by atoms with van der Waals surface area (Å²) in [6.45, 7) is 4.64. The van der Waals surface area contributed by atoms with Crippen LogP contribution < -0.4 is 0 Å². The van der Waals surface area contributed by atoms with E-state index < -0.39 is 0 Å². The van der Waals surface area contributed by atoms with Crippen LogP contribution in [-0.4, -0.2) is 11.8 Å². The van der Waals surface area contributed by atoms with Crippen LogP contribution in [0.25, 0.3) is 0 Å². The van der Waals surface area contributed by atoms with E-state index in [1.807, 2.05) is 0 Å². The van der Waals surface area contributed by atoms with Gasteiger partial charge in [-0.2, -0.15) is 4.91 Å². The van der Waals surface area contributed by atoms with Gasteiger partial charge in [0.1, 0.15) is 5.78 Å². The van der Waals surface area contributed by atoms with Crippen LogP contribution in [0.15, 0.2) is 16.8 Å². The first kappa shape index (κ1) is 14.6. The van der Waals surface area contributed by atoms with Crippen LogP contribution in [0.2, 0.25) is 0 Å². The lowest BCUT2D eigenvalue weighted by molar-refractivity contribution is -0.127. The summed E-state index contributed by atoms with van der Waals surface area (Å²) in [4.78, 5) is 23.3. The summed E-state index contributed by atoms with van der Waals surface area (Å²) in [5.41, 5.74) is 1.82. The summed E-state index contributed by atoms with van der Waals surface area (Å²) in [6.07, 6.45) is 10.7. The highest BCUT2D eigenvalue weighted by Crippen LogP contribution is 2.63. The molecule has 0 N–H and O–H groups in total. The van der Waals surface area contributed by atoms with Crippen molar-refractivity contribution in [1.29, 1.82) is 0 Å². The van der Waals surface area contributed by atoms with Crippen molar-refractivity contribution in [2.45, 2.75) is 71.3 Å². The zero-order chi connectivity index (χ0) is 15.5. The van der Waals surface area contributed by atoms with Crippen molar-refractivity contribution >= 4 is 5.78 Å². The van der Waals surface area contributed by atoms with Crippen LogP contribution in [0, 0.1) is 33.5 Å². The summed E-state index contributed by atoms with van der Waals surface area (Å²) in [7, 11) is 0. The van der Waals surface area contributed by atoms with E-state index in [2.05, 4.69) is 25.1 Å². The van der Waals surface area contributed by atoms with Gasteiger partial charge in [0.05, 0.1) is 6.04 Å². The first-order valence-corrected chi connectivity index (χ1v) is 9.05. The second kappa shape index (κ2) is 4.75. The van der Waals surface area contributed by atoms with Gasteiger partial charge >= 0.3 is 0 Å². The van der Waals surface area contributed by atoms with Gasteiger partial charge in [-0.3, -0.25) is 4.79 Å². The first-order valence-electron chi connectivity index (χ1n) is 9.05. The van der Waals surface area contributed by atoms with Crippen LogP contribution in [0.3, 0.4) is 0 Å². The number of rotatable bonds is 1. The molecule has 3 fully saturated rings. The zero-order valence-electron chi connectivity index (χ0n) is 13.8. The SMILES string of the molecule is CC12CCC(N=O)CC1CCC1C2=CCC2(C)C(=O)CCC12. The zero-order valence-corrected chi connectivity index (χ0v) is 13.8. The van der Waals surface area contributed by atoms with Gasteiger partial charge in [0.15, 0.2) is 0 Å². The lowest BCUT2D eigenvalue weighted by Gasteiger charge is -2.55. The molecule has 4 aliphatic carbocycles. The first-order chi connectivity index (χ1) is 10.5. The standard InChI is InChI=1S/C19H27NO2/c1-18-9-7-13(20-22)11-12(18)3-4-14-15-5-6-17(21)19(15,2)10-8-16(14)18/h8,12-15H,3-7,9-11H2,1-2H3. The van der Waals surface area contributed by atoms with Gasteiger partial charge in [-0.05, 0) is 68.1 Å². The molecule has 3 saturated carbocycles. The Balaban J connectivity index is 1.68. The van der Waals surface area contributed by atoms with Crippen LogP contribution >= 0.6 is 0 Å². The normalized spacial score (nSPS) is 50.6. The number of fused-ring (bicyclic) bond motifs is 5. The highest BCUT2D eigenvalue weighted by atomic mass is 16.3. The maximum Gasteiger partial charge on any atom is 0.139 e. The third kappa shape index (κ3) is 1.77. The van der Waals surface area contributed by atoms with Crippen LogP contribution in [0.5, 0.6) is 0 Å². The van der Waals surface area contributed by atoms with Crippen molar-refractivity contribution in [3.05, 3.63) is 16.6 Å². The van der Waals surface area contributed by atoms with Crippen molar-refractivity contribution in [1.82, 2.24) is 0 Å². The second-order valence-corrected chi connectivity index (χ2v) is 8.68. The smallest absolute Gasteiger partial charge is 0.139 e. The average Bonchev–Trinajstić information content (AvgIpc) is 2.82. The molecule has 4 aliphatic rings. The molecular weight excluding hydrogens is 274 g/mol. The number of nitrogens with zero attached hydrogens (tertiary/aromatic N) is 1. The minimum atomic E-state index is -0.0844. The maximum absolute atomic E-state index is 12.4. The van der Waals surface area contributed by atoms with Crippen molar-refractivity contribution in [2.75, 3.05) is 0 Å². The number of hydrogen-bond acceptors (Lipinski definition) is 3. The number of allylic oxidation sites excluding steroid dienone is 2. The van der Waals surface area contributed by atoms with E-state index in [1.54, 1.807) is 5.57 Å². The molecule has 4 rings (SSSR count). The van der Waals surface area contributed by atoms with Crippen molar-refractivity contribution in [3.63, 3.8) is 0 Å². The van der Waals surface area contributed by atoms with E-state index in [4.69, 9.17) is 0 Å². The van der Waals surface area contributed by atoms with E-state index >= 15 is 0 Å². The molecule has 22 heavy (non-hydrogen) atoms.